The predicted molar refractivity (Wildman–Crippen MR) is 83.4 cm³/mol. The minimum absolute atomic E-state index is 0.361. The van der Waals surface area contributed by atoms with Gasteiger partial charge in [0.05, 0.1) is 0 Å². The van der Waals surface area contributed by atoms with Gasteiger partial charge in [0.1, 0.15) is 0 Å². The monoisotopic (exact) mass is 266 g/mol. The lowest BCUT2D eigenvalue weighted by atomic mass is 9.83. The van der Waals surface area contributed by atoms with Crippen molar-refractivity contribution >= 4 is 0 Å². The molecule has 1 heterocycles. The number of piperazine rings is 1. The first-order valence-corrected chi connectivity index (χ1v) is 8.28. The Morgan fingerprint density at radius 3 is 2.26 bits per heavy atom. The minimum Gasteiger partial charge on any atom is -0.311 e. The average molecular weight is 266 g/mol. The van der Waals surface area contributed by atoms with Crippen LogP contribution in [0.5, 0.6) is 0 Å². The second-order valence-corrected chi connectivity index (χ2v) is 8.36. The van der Waals surface area contributed by atoms with Gasteiger partial charge in [0.15, 0.2) is 0 Å². The van der Waals surface area contributed by atoms with Crippen LogP contribution in [-0.2, 0) is 0 Å². The van der Waals surface area contributed by atoms with Crippen molar-refractivity contribution in [2.75, 3.05) is 13.1 Å². The Morgan fingerprint density at radius 2 is 1.79 bits per heavy atom. The Labute approximate surface area is 120 Å². The third-order valence-corrected chi connectivity index (χ3v) is 5.15. The lowest BCUT2D eigenvalue weighted by molar-refractivity contribution is 0.0302. The van der Waals surface area contributed by atoms with Crippen molar-refractivity contribution in [2.24, 2.45) is 17.3 Å². The van der Waals surface area contributed by atoms with E-state index in [9.17, 15) is 0 Å². The fourth-order valence-corrected chi connectivity index (χ4v) is 3.47. The molecule has 2 rings (SSSR count). The lowest BCUT2D eigenvalue weighted by Gasteiger charge is -2.49. The molecule has 1 aliphatic carbocycles. The molecule has 1 saturated heterocycles. The minimum atomic E-state index is 0.361. The molecule has 19 heavy (non-hydrogen) atoms. The summed E-state index contributed by atoms with van der Waals surface area (Å²) in [6.07, 6.45) is 4.37. The van der Waals surface area contributed by atoms with E-state index in [1.807, 2.05) is 0 Å². The Kier molecular flexibility index (Phi) is 4.62. The van der Waals surface area contributed by atoms with E-state index in [-0.39, 0.29) is 0 Å². The van der Waals surface area contributed by atoms with Crippen LogP contribution in [0.2, 0.25) is 0 Å². The summed E-state index contributed by atoms with van der Waals surface area (Å²) in [5.41, 5.74) is 0.361. The topological polar surface area (TPSA) is 15.3 Å². The van der Waals surface area contributed by atoms with Gasteiger partial charge in [-0.3, -0.25) is 4.90 Å². The molecule has 0 radical (unpaired) electrons. The van der Waals surface area contributed by atoms with Gasteiger partial charge < -0.3 is 5.32 Å². The van der Waals surface area contributed by atoms with Crippen LogP contribution in [-0.4, -0.2) is 36.1 Å². The molecule has 1 aliphatic heterocycles. The van der Waals surface area contributed by atoms with Crippen molar-refractivity contribution in [1.82, 2.24) is 10.2 Å². The Balaban J connectivity index is 2.03. The zero-order chi connectivity index (χ0) is 14.2. The molecule has 0 amide bonds. The highest BCUT2D eigenvalue weighted by Gasteiger charge is 2.38. The second-order valence-electron chi connectivity index (χ2n) is 8.36. The summed E-state index contributed by atoms with van der Waals surface area (Å²) >= 11 is 0. The summed E-state index contributed by atoms with van der Waals surface area (Å²) in [7, 11) is 0. The molecule has 2 nitrogen and oxygen atoms in total. The van der Waals surface area contributed by atoms with Gasteiger partial charge in [0, 0.05) is 31.2 Å². The van der Waals surface area contributed by atoms with Crippen LogP contribution in [0.15, 0.2) is 0 Å². The number of nitrogens with one attached hydrogen (secondary N) is 1. The molecule has 0 bridgehead atoms. The van der Waals surface area contributed by atoms with Gasteiger partial charge in [0.25, 0.3) is 0 Å². The standard InChI is InChI=1S/C17H34N2/c1-12(2)15-10-18-16(17(4,5)6)11-19(15)13(3)9-14-7-8-14/h12-16,18H,7-11H2,1-6H3. The maximum atomic E-state index is 3.80. The summed E-state index contributed by atoms with van der Waals surface area (Å²) in [5, 5.41) is 3.80. The van der Waals surface area contributed by atoms with E-state index in [0.29, 0.717) is 17.5 Å². The van der Waals surface area contributed by atoms with E-state index in [1.54, 1.807) is 0 Å². The fourth-order valence-electron chi connectivity index (χ4n) is 3.47. The van der Waals surface area contributed by atoms with Crippen LogP contribution in [0.1, 0.15) is 60.8 Å². The molecular formula is C17H34N2. The first-order chi connectivity index (χ1) is 8.79. The van der Waals surface area contributed by atoms with E-state index in [1.165, 1.54) is 25.8 Å². The first kappa shape index (κ1) is 15.3. The van der Waals surface area contributed by atoms with Crippen molar-refractivity contribution in [3.63, 3.8) is 0 Å². The van der Waals surface area contributed by atoms with E-state index in [0.717, 1.165) is 24.4 Å². The van der Waals surface area contributed by atoms with Gasteiger partial charge in [0.2, 0.25) is 0 Å². The SMILES string of the molecule is CC(C)C1CNC(C(C)(C)C)CN1C(C)CC1CC1. The van der Waals surface area contributed by atoms with Crippen LogP contribution in [0, 0.1) is 17.3 Å². The molecule has 1 saturated carbocycles. The third kappa shape index (κ3) is 3.95. The quantitative estimate of drug-likeness (QED) is 0.837. The molecule has 0 aromatic heterocycles. The van der Waals surface area contributed by atoms with Crippen LogP contribution >= 0.6 is 0 Å². The highest BCUT2D eigenvalue weighted by molar-refractivity contribution is 4.95. The van der Waals surface area contributed by atoms with Crippen molar-refractivity contribution in [3.8, 4) is 0 Å². The van der Waals surface area contributed by atoms with Gasteiger partial charge in [-0.2, -0.15) is 0 Å². The molecule has 112 valence electrons. The summed E-state index contributed by atoms with van der Waals surface area (Å²) in [6, 6.07) is 2.10. The van der Waals surface area contributed by atoms with Crippen molar-refractivity contribution in [3.05, 3.63) is 0 Å². The fraction of sp³-hybridized carbons (Fsp3) is 1.00. The number of nitrogens with zero attached hydrogens (tertiary/aromatic N) is 1. The first-order valence-electron chi connectivity index (χ1n) is 8.28. The molecule has 3 unspecified atom stereocenters. The normalized spacial score (nSPS) is 31.7. The third-order valence-electron chi connectivity index (χ3n) is 5.15. The van der Waals surface area contributed by atoms with E-state index < -0.39 is 0 Å². The van der Waals surface area contributed by atoms with Gasteiger partial charge in [-0.15, -0.1) is 0 Å². The molecule has 0 aromatic carbocycles. The Hall–Kier alpha value is -0.0800. The highest BCUT2D eigenvalue weighted by Crippen LogP contribution is 2.36. The van der Waals surface area contributed by atoms with E-state index >= 15 is 0 Å². The molecule has 2 aliphatic rings. The second kappa shape index (κ2) is 5.73. The molecule has 2 fully saturated rings. The van der Waals surface area contributed by atoms with Crippen LogP contribution in [0.3, 0.4) is 0 Å². The zero-order valence-corrected chi connectivity index (χ0v) is 13.9. The molecule has 0 aromatic rings. The van der Waals surface area contributed by atoms with Gasteiger partial charge in [-0.1, -0.05) is 47.5 Å². The largest absolute Gasteiger partial charge is 0.311 e. The maximum Gasteiger partial charge on any atom is 0.0247 e. The highest BCUT2D eigenvalue weighted by atomic mass is 15.3. The van der Waals surface area contributed by atoms with E-state index in [2.05, 4.69) is 51.8 Å². The Bertz CT molecular complexity index is 288. The smallest absolute Gasteiger partial charge is 0.0247 e. The predicted octanol–water partition coefficient (Wildman–Crippen LogP) is 3.52. The van der Waals surface area contributed by atoms with Crippen molar-refractivity contribution < 1.29 is 0 Å². The number of hydrogen-bond acceptors (Lipinski definition) is 2. The van der Waals surface area contributed by atoms with Crippen LogP contribution in [0.4, 0.5) is 0 Å². The zero-order valence-electron chi connectivity index (χ0n) is 13.9. The summed E-state index contributed by atoms with van der Waals surface area (Å²) in [5.74, 6) is 1.78. The molecular weight excluding hydrogens is 232 g/mol. The average Bonchev–Trinajstić information content (AvgIpc) is 3.10. The molecule has 0 spiro atoms. The summed E-state index contributed by atoms with van der Waals surface area (Å²) in [4.78, 5) is 2.81. The van der Waals surface area contributed by atoms with Gasteiger partial charge in [-0.25, -0.2) is 0 Å². The van der Waals surface area contributed by atoms with Gasteiger partial charge in [-0.05, 0) is 30.6 Å². The van der Waals surface area contributed by atoms with Crippen molar-refractivity contribution in [1.29, 1.82) is 0 Å². The Morgan fingerprint density at radius 1 is 1.16 bits per heavy atom. The molecule has 1 N–H and O–H groups in total. The maximum absolute atomic E-state index is 3.80. The van der Waals surface area contributed by atoms with Gasteiger partial charge >= 0.3 is 0 Å². The molecule has 3 atom stereocenters. The molecule has 2 heteroatoms. The lowest BCUT2D eigenvalue weighted by Crippen LogP contribution is -2.63. The van der Waals surface area contributed by atoms with Crippen molar-refractivity contribution in [2.45, 2.75) is 78.9 Å². The summed E-state index contributed by atoms with van der Waals surface area (Å²) in [6.45, 7) is 16.7. The summed E-state index contributed by atoms with van der Waals surface area (Å²) < 4.78 is 0. The number of hydrogen-bond donors (Lipinski definition) is 1. The van der Waals surface area contributed by atoms with E-state index in [4.69, 9.17) is 0 Å². The van der Waals surface area contributed by atoms with Crippen LogP contribution in [0.25, 0.3) is 0 Å². The van der Waals surface area contributed by atoms with Crippen LogP contribution < -0.4 is 5.32 Å². The number of rotatable bonds is 4.